The molecule has 3 radical (unpaired) electrons. The van der Waals surface area contributed by atoms with Crippen molar-refractivity contribution in [2.75, 3.05) is 6.61 Å². The third kappa shape index (κ3) is 0.964. The first-order valence-electron chi connectivity index (χ1n) is 1.89. The fourth-order valence-electron chi connectivity index (χ4n) is 0.362. The van der Waals surface area contributed by atoms with Crippen LogP contribution < -0.4 is 0 Å². The summed E-state index contributed by atoms with van der Waals surface area (Å²) in [5.41, 5.74) is 0. The minimum absolute atomic E-state index is 0.141. The number of ether oxygens (including phenoxy) is 1. The van der Waals surface area contributed by atoms with Gasteiger partial charge in [0.15, 0.2) is 0 Å². The molecule has 7 heavy (non-hydrogen) atoms. The predicted octanol–water partition coefficient (Wildman–Crippen LogP) is -0.404. The Kier molecular flexibility index (Phi) is 1.37. The second kappa shape index (κ2) is 1.86. The molecule has 0 aliphatic carbocycles. The summed E-state index contributed by atoms with van der Waals surface area (Å²) in [6.07, 6.45) is 1.81. The molecule has 0 N–H and O–H groups in total. The Balaban J connectivity index is 2.72. The van der Waals surface area contributed by atoms with Crippen molar-refractivity contribution in [2.45, 2.75) is 0 Å². The molecule has 0 unspecified atom stereocenters. The van der Waals surface area contributed by atoms with Crippen molar-refractivity contribution in [1.29, 1.82) is 0 Å². The quantitative estimate of drug-likeness (QED) is 0.394. The van der Waals surface area contributed by atoms with Crippen molar-refractivity contribution < 1.29 is 9.53 Å². The summed E-state index contributed by atoms with van der Waals surface area (Å²) in [4.78, 5) is 10.3. The van der Waals surface area contributed by atoms with Gasteiger partial charge in [-0.2, -0.15) is 0 Å². The van der Waals surface area contributed by atoms with Gasteiger partial charge in [-0.25, -0.2) is 0 Å². The molecule has 2 nitrogen and oxygen atoms in total. The molecule has 0 aromatic heterocycles. The van der Waals surface area contributed by atoms with Gasteiger partial charge in [0.25, 0.3) is 0 Å². The van der Waals surface area contributed by atoms with E-state index >= 15 is 0 Å². The second-order valence-corrected chi connectivity index (χ2v) is 2.75. The average molecular weight is 202 g/mol. The SMILES string of the molecule is O=C1OCC=[C]1[Sn]. The van der Waals surface area contributed by atoms with Crippen molar-refractivity contribution in [1.82, 2.24) is 0 Å². The van der Waals surface area contributed by atoms with Crippen LogP contribution in [0.2, 0.25) is 0 Å². The van der Waals surface area contributed by atoms with Gasteiger partial charge >= 0.3 is 54.3 Å². The number of rotatable bonds is 0. The molecule has 0 aromatic rings. The molecule has 1 aliphatic rings. The number of hydrogen-bond donors (Lipinski definition) is 0. The molecule has 0 saturated heterocycles. The molecular formula is C4H3O2Sn. The van der Waals surface area contributed by atoms with E-state index in [0.29, 0.717) is 6.61 Å². The molecule has 0 saturated carbocycles. The number of cyclic esters (lactones) is 1. The molecule has 1 rings (SSSR count). The normalized spacial score (nSPS) is 19.0. The molecule has 1 aliphatic heterocycles. The average Bonchev–Trinajstić information content (AvgIpc) is 1.91. The predicted molar refractivity (Wildman–Crippen MR) is 24.8 cm³/mol. The molecule has 0 fully saturated rings. The van der Waals surface area contributed by atoms with Crippen LogP contribution >= 0.6 is 0 Å². The molecule has 0 atom stereocenters. The van der Waals surface area contributed by atoms with Gasteiger partial charge in [0, 0.05) is 0 Å². The van der Waals surface area contributed by atoms with E-state index in [4.69, 9.17) is 0 Å². The Morgan fingerprint density at radius 2 is 2.57 bits per heavy atom. The second-order valence-electron chi connectivity index (χ2n) is 1.22. The van der Waals surface area contributed by atoms with E-state index in [1.807, 2.05) is 0 Å². The molecular weight excluding hydrogens is 199 g/mol. The molecule has 0 amide bonds. The summed E-state index contributed by atoms with van der Waals surface area (Å²) in [5, 5.41) is 0. The number of esters is 1. The monoisotopic (exact) mass is 203 g/mol. The Morgan fingerprint density at radius 3 is 2.71 bits per heavy atom. The fourth-order valence-corrected chi connectivity index (χ4v) is 0.806. The van der Waals surface area contributed by atoms with Gasteiger partial charge in [0.05, 0.1) is 0 Å². The van der Waals surface area contributed by atoms with E-state index in [1.54, 1.807) is 6.08 Å². The molecule has 0 spiro atoms. The Morgan fingerprint density at radius 1 is 1.86 bits per heavy atom. The molecule has 1 heterocycles. The van der Waals surface area contributed by atoms with Crippen molar-refractivity contribution in [3.8, 4) is 0 Å². The van der Waals surface area contributed by atoms with Crippen LogP contribution in [0.25, 0.3) is 0 Å². The Labute approximate surface area is 54.6 Å². The standard InChI is InChI=1S/C4H3O2.Sn/c5-4-2-1-3-6-4;/h1H,3H2;. The first-order valence-corrected chi connectivity index (χ1v) is 3.32. The summed E-state index contributed by atoms with van der Waals surface area (Å²) in [7, 11) is 0. The number of hydrogen-bond acceptors (Lipinski definition) is 2. The van der Waals surface area contributed by atoms with Crippen LogP contribution in [0.15, 0.2) is 9.67 Å². The van der Waals surface area contributed by atoms with Crippen LogP contribution in [0.3, 0.4) is 0 Å². The van der Waals surface area contributed by atoms with E-state index in [2.05, 4.69) is 4.74 Å². The molecule has 3 heteroatoms. The van der Waals surface area contributed by atoms with Gasteiger partial charge in [-0.1, -0.05) is 0 Å². The van der Waals surface area contributed by atoms with Gasteiger partial charge < -0.3 is 0 Å². The fraction of sp³-hybridized carbons (Fsp3) is 0.250. The van der Waals surface area contributed by atoms with Crippen LogP contribution in [0.4, 0.5) is 0 Å². The van der Waals surface area contributed by atoms with Crippen LogP contribution in [0, 0.1) is 0 Å². The zero-order valence-electron chi connectivity index (χ0n) is 3.60. The topological polar surface area (TPSA) is 26.3 Å². The number of carbonyl (C=O) groups excluding carboxylic acids is 1. The maximum absolute atomic E-state index is 10.3. The molecule has 0 aromatic carbocycles. The van der Waals surface area contributed by atoms with Crippen LogP contribution in [0.5, 0.6) is 0 Å². The van der Waals surface area contributed by atoms with Gasteiger partial charge in [-0.3, -0.25) is 0 Å². The van der Waals surface area contributed by atoms with Crippen molar-refractivity contribution in [3.63, 3.8) is 0 Å². The number of carbonyl (C=O) groups is 1. The third-order valence-electron chi connectivity index (χ3n) is 0.722. The van der Waals surface area contributed by atoms with E-state index in [0.717, 1.165) is 26.1 Å². The van der Waals surface area contributed by atoms with Crippen molar-refractivity contribution in [3.05, 3.63) is 9.67 Å². The van der Waals surface area contributed by atoms with Gasteiger partial charge in [0.2, 0.25) is 0 Å². The van der Waals surface area contributed by atoms with Crippen LogP contribution in [0.1, 0.15) is 0 Å². The van der Waals surface area contributed by atoms with Gasteiger partial charge in [-0.15, -0.1) is 0 Å². The first-order chi connectivity index (χ1) is 3.30. The minimum atomic E-state index is -0.141. The zero-order valence-corrected chi connectivity index (χ0v) is 6.46. The van der Waals surface area contributed by atoms with Crippen LogP contribution in [-0.4, -0.2) is 35.1 Å². The van der Waals surface area contributed by atoms with E-state index < -0.39 is 0 Å². The van der Waals surface area contributed by atoms with Gasteiger partial charge in [-0.05, 0) is 0 Å². The van der Waals surface area contributed by atoms with Crippen LogP contribution in [-0.2, 0) is 9.53 Å². The summed E-state index contributed by atoms with van der Waals surface area (Å²) in [6.45, 7) is 0.485. The molecule has 0 bridgehead atoms. The third-order valence-corrected chi connectivity index (χ3v) is 1.89. The molecule has 35 valence electrons. The summed E-state index contributed by atoms with van der Waals surface area (Å²) < 4.78 is 5.37. The first kappa shape index (κ1) is 5.15. The Hall–Kier alpha value is 0.00870. The maximum atomic E-state index is 10.3. The summed E-state index contributed by atoms with van der Waals surface area (Å²) in [6, 6.07) is 0. The zero-order chi connectivity index (χ0) is 5.28. The summed E-state index contributed by atoms with van der Waals surface area (Å²) >= 11 is 1.15. The summed E-state index contributed by atoms with van der Waals surface area (Å²) in [5.74, 6) is -0.141. The van der Waals surface area contributed by atoms with E-state index in [1.165, 1.54) is 0 Å². The van der Waals surface area contributed by atoms with Crippen molar-refractivity contribution in [2.24, 2.45) is 0 Å². The van der Waals surface area contributed by atoms with Gasteiger partial charge in [0.1, 0.15) is 0 Å². The Bertz CT molecular complexity index is 128. The van der Waals surface area contributed by atoms with Crippen molar-refractivity contribution >= 4 is 28.5 Å². The van der Waals surface area contributed by atoms with E-state index in [-0.39, 0.29) is 5.97 Å². The van der Waals surface area contributed by atoms with E-state index in [9.17, 15) is 4.79 Å².